The van der Waals surface area contributed by atoms with Crippen LogP contribution < -0.4 is 5.32 Å². The molecule has 20 heavy (non-hydrogen) atoms. The average Bonchev–Trinajstić information content (AvgIpc) is 2.48. The van der Waals surface area contributed by atoms with Crippen LogP contribution in [0.15, 0.2) is 54.9 Å². The number of hydrogen-bond acceptors (Lipinski definition) is 2. The number of fused-ring (bicyclic) bond motifs is 1. The molecule has 1 heterocycles. The van der Waals surface area contributed by atoms with Gasteiger partial charge in [0.1, 0.15) is 0 Å². The number of anilines is 1. The van der Waals surface area contributed by atoms with E-state index in [1.54, 1.807) is 0 Å². The Bertz CT molecular complexity index is 742. The Kier molecular flexibility index (Phi) is 3.38. The van der Waals surface area contributed by atoms with Crippen molar-refractivity contribution in [2.24, 2.45) is 0 Å². The fourth-order valence-electron chi connectivity index (χ4n) is 2.37. The van der Waals surface area contributed by atoms with Crippen LogP contribution in [0, 0.1) is 13.8 Å². The topological polar surface area (TPSA) is 24.9 Å². The van der Waals surface area contributed by atoms with Crippen molar-refractivity contribution >= 4 is 16.5 Å². The van der Waals surface area contributed by atoms with Gasteiger partial charge in [-0.3, -0.25) is 4.98 Å². The second-order valence-corrected chi connectivity index (χ2v) is 5.17. The molecule has 0 aliphatic rings. The summed E-state index contributed by atoms with van der Waals surface area (Å²) in [7, 11) is 0. The molecule has 2 nitrogen and oxygen atoms in total. The maximum atomic E-state index is 4.32. The van der Waals surface area contributed by atoms with Gasteiger partial charge in [0.05, 0.1) is 0 Å². The summed E-state index contributed by atoms with van der Waals surface area (Å²) in [5.74, 6) is 0. The summed E-state index contributed by atoms with van der Waals surface area (Å²) >= 11 is 0. The van der Waals surface area contributed by atoms with E-state index in [4.69, 9.17) is 0 Å². The van der Waals surface area contributed by atoms with Crippen molar-refractivity contribution < 1.29 is 0 Å². The molecule has 0 radical (unpaired) electrons. The summed E-state index contributed by atoms with van der Waals surface area (Å²) in [6.45, 7) is 5.06. The lowest BCUT2D eigenvalue weighted by atomic mass is 10.1. The van der Waals surface area contributed by atoms with Gasteiger partial charge in [0.25, 0.3) is 0 Å². The Hall–Kier alpha value is -2.35. The predicted molar refractivity (Wildman–Crippen MR) is 85.0 cm³/mol. The van der Waals surface area contributed by atoms with Crippen molar-refractivity contribution in [3.8, 4) is 0 Å². The van der Waals surface area contributed by atoms with E-state index < -0.39 is 0 Å². The summed E-state index contributed by atoms with van der Waals surface area (Å²) < 4.78 is 0. The molecule has 1 N–H and O–H groups in total. The highest BCUT2D eigenvalue weighted by Gasteiger charge is 2.01. The number of aryl methyl sites for hydroxylation is 2. The quantitative estimate of drug-likeness (QED) is 0.753. The summed E-state index contributed by atoms with van der Waals surface area (Å²) in [5.41, 5.74) is 5.01. The van der Waals surface area contributed by atoms with Crippen molar-refractivity contribution in [2.45, 2.75) is 20.4 Å². The largest absolute Gasteiger partial charge is 0.381 e. The Labute approximate surface area is 119 Å². The molecule has 0 saturated carbocycles. The van der Waals surface area contributed by atoms with Crippen LogP contribution in [-0.4, -0.2) is 4.98 Å². The normalized spacial score (nSPS) is 10.7. The summed E-state index contributed by atoms with van der Waals surface area (Å²) in [6.07, 6.45) is 3.85. The van der Waals surface area contributed by atoms with E-state index in [1.165, 1.54) is 27.5 Å². The van der Waals surface area contributed by atoms with Gasteiger partial charge in [0, 0.05) is 30.0 Å². The number of benzene rings is 2. The van der Waals surface area contributed by atoms with Gasteiger partial charge in [-0.25, -0.2) is 0 Å². The Morgan fingerprint density at radius 2 is 1.80 bits per heavy atom. The number of aromatic nitrogens is 1. The molecule has 0 amide bonds. The van der Waals surface area contributed by atoms with Crippen molar-refractivity contribution in [3.63, 3.8) is 0 Å². The fourth-order valence-corrected chi connectivity index (χ4v) is 2.37. The number of nitrogens with zero attached hydrogens (tertiary/aromatic N) is 1. The molecule has 0 bridgehead atoms. The Morgan fingerprint density at radius 3 is 2.65 bits per heavy atom. The first-order chi connectivity index (χ1) is 9.74. The van der Waals surface area contributed by atoms with Crippen molar-refractivity contribution in [1.82, 2.24) is 4.98 Å². The van der Waals surface area contributed by atoms with Gasteiger partial charge in [0.15, 0.2) is 0 Å². The van der Waals surface area contributed by atoms with E-state index in [1.807, 2.05) is 18.5 Å². The van der Waals surface area contributed by atoms with Crippen LogP contribution in [-0.2, 0) is 6.54 Å². The predicted octanol–water partition coefficient (Wildman–Crippen LogP) is 4.46. The molecule has 0 atom stereocenters. The van der Waals surface area contributed by atoms with Gasteiger partial charge in [-0.05, 0) is 48.1 Å². The molecule has 0 aliphatic carbocycles. The van der Waals surface area contributed by atoms with Crippen LogP contribution in [0.5, 0.6) is 0 Å². The van der Waals surface area contributed by atoms with E-state index >= 15 is 0 Å². The third-order valence-electron chi connectivity index (χ3n) is 3.74. The van der Waals surface area contributed by atoms with Crippen LogP contribution in [0.4, 0.5) is 5.69 Å². The second-order valence-electron chi connectivity index (χ2n) is 5.17. The molecule has 0 spiro atoms. The van der Waals surface area contributed by atoms with Gasteiger partial charge in [-0.15, -0.1) is 0 Å². The zero-order valence-electron chi connectivity index (χ0n) is 11.9. The summed E-state index contributed by atoms with van der Waals surface area (Å²) in [4.78, 5) is 4.32. The van der Waals surface area contributed by atoms with Crippen molar-refractivity contribution in [1.29, 1.82) is 0 Å². The molecule has 0 fully saturated rings. The van der Waals surface area contributed by atoms with Crippen LogP contribution in [0.25, 0.3) is 10.8 Å². The molecule has 1 aromatic heterocycles. The van der Waals surface area contributed by atoms with Crippen LogP contribution in [0.3, 0.4) is 0 Å². The second kappa shape index (κ2) is 5.33. The fraction of sp³-hybridized carbons (Fsp3) is 0.167. The molecule has 2 heteroatoms. The minimum absolute atomic E-state index is 0.789. The first-order valence-electron chi connectivity index (χ1n) is 6.87. The molecule has 0 aliphatic heterocycles. The maximum absolute atomic E-state index is 4.32. The zero-order valence-corrected chi connectivity index (χ0v) is 11.9. The van der Waals surface area contributed by atoms with E-state index in [2.05, 4.69) is 60.5 Å². The van der Waals surface area contributed by atoms with Gasteiger partial charge < -0.3 is 5.32 Å². The molecular formula is C18H18N2. The average molecular weight is 262 g/mol. The lowest BCUT2D eigenvalue weighted by Crippen LogP contribution is -2.01. The highest BCUT2D eigenvalue weighted by Crippen LogP contribution is 2.19. The first kappa shape index (κ1) is 12.7. The monoisotopic (exact) mass is 262 g/mol. The molecule has 0 unspecified atom stereocenters. The number of hydrogen-bond donors (Lipinski definition) is 1. The smallest absolute Gasteiger partial charge is 0.0422 e. The molecule has 3 aromatic rings. The van der Waals surface area contributed by atoms with Crippen molar-refractivity contribution in [2.75, 3.05) is 5.32 Å². The minimum Gasteiger partial charge on any atom is -0.381 e. The van der Waals surface area contributed by atoms with E-state index in [0.29, 0.717) is 0 Å². The Balaban J connectivity index is 1.85. The van der Waals surface area contributed by atoms with Gasteiger partial charge in [-0.1, -0.05) is 30.3 Å². The van der Waals surface area contributed by atoms with Crippen molar-refractivity contribution in [3.05, 3.63) is 71.5 Å². The number of pyridine rings is 1. The van der Waals surface area contributed by atoms with Crippen LogP contribution in [0.2, 0.25) is 0 Å². The third kappa shape index (κ3) is 2.50. The number of rotatable bonds is 3. The summed E-state index contributed by atoms with van der Waals surface area (Å²) in [6, 6.07) is 14.8. The van der Waals surface area contributed by atoms with Crippen LogP contribution >= 0.6 is 0 Å². The molecule has 3 rings (SSSR count). The zero-order chi connectivity index (χ0) is 13.9. The minimum atomic E-state index is 0.789. The highest BCUT2D eigenvalue weighted by molar-refractivity contribution is 5.84. The van der Waals surface area contributed by atoms with Gasteiger partial charge in [-0.2, -0.15) is 0 Å². The third-order valence-corrected chi connectivity index (χ3v) is 3.74. The van der Waals surface area contributed by atoms with E-state index in [0.717, 1.165) is 12.2 Å². The molecule has 0 saturated heterocycles. The standard InChI is InChI=1S/C18H18N2/c1-13-7-8-17(9-14(13)2)20-12-16-11-19-10-15-5-3-4-6-18(15)16/h3-11,20H,12H2,1-2H3. The summed E-state index contributed by atoms with van der Waals surface area (Å²) in [5, 5.41) is 5.93. The van der Waals surface area contributed by atoms with Gasteiger partial charge in [0.2, 0.25) is 0 Å². The highest BCUT2D eigenvalue weighted by atomic mass is 14.9. The number of nitrogens with one attached hydrogen (secondary N) is 1. The lowest BCUT2D eigenvalue weighted by molar-refractivity contribution is 1.13. The Morgan fingerprint density at radius 1 is 0.950 bits per heavy atom. The maximum Gasteiger partial charge on any atom is 0.0422 e. The van der Waals surface area contributed by atoms with E-state index in [-0.39, 0.29) is 0 Å². The SMILES string of the molecule is Cc1ccc(NCc2cncc3ccccc23)cc1C. The lowest BCUT2D eigenvalue weighted by Gasteiger charge is -2.10. The molecular weight excluding hydrogens is 244 g/mol. The molecule has 100 valence electrons. The van der Waals surface area contributed by atoms with E-state index in [9.17, 15) is 0 Å². The molecule has 2 aromatic carbocycles. The van der Waals surface area contributed by atoms with Gasteiger partial charge >= 0.3 is 0 Å². The van der Waals surface area contributed by atoms with Crippen LogP contribution in [0.1, 0.15) is 16.7 Å². The first-order valence-corrected chi connectivity index (χ1v) is 6.87.